The second kappa shape index (κ2) is 5.57. The summed E-state index contributed by atoms with van der Waals surface area (Å²) in [5.74, 6) is -0.0364. The number of hydrogen-bond donors (Lipinski definition) is 1. The van der Waals surface area contributed by atoms with Crippen LogP contribution >= 0.6 is 0 Å². The van der Waals surface area contributed by atoms with Gasteiger partial charge in [-0.2, -0.15) is 0 Å². The molecule has 0 saturated heterocycles. The molecule has 2 nitrogen and oxygen atoms in total. The van der Waals surface area contributed by atoms with Crippen LogP contribution in [-0.4, -0.2) is 5.91 Å². The van der Waals surface area contributed by atoms with Gasteiger partial charge >= 0.3 is 0 Å². The van der Waals surface area contributed by atoms with Gasteiger partial charge in [0.25, 0.3) is 5.91 Å². The van der Waals surface area contributed by atoms with E-state index in [0.717, 1.165) is 21.9 Å². The molecule has 0 aromatic heterocycles. The second-order valence-electron chi connectivity index (χ2n) is 4.69. The Morgan fingerprint density at radius 3 is 2.35 bits per heavy atom. The molecule has 1 amide bonds. The Morgan fingerprint density at radius 2 is 1.50 bits per heavy atom. The molecule has 0 atom stereocenters. The summed E-state index contributed by atoms with van der Waals surface area (Å²) in [6, 6.07) is 23.6. The van der Waals surface area contributed by atoms with E-state index in [2.05, 4.69) is 5.32 Å². The summed E-state index contributed by atoms with van der Waals surface area (Å²) in [6.07, 6.45) is 0. The zero-order valence-corrected chi connectivity index (χ0v) is 11.0. The van der Waals surface area contributed by atoms with Crippen LogP contribution in [0.1, 0.15) is 15.9 Å². The van der Waals surface area contributed by atoms with Crippen molar-refractivity contribution >= 4 is 16.7 Å². The molecule has 3 aromatic rings. The molecule has 3 aromatic carbocycles. The van der Waals surface area contributed by atoms with Crippen LogP contribution in [-0.2, 0) is 6.54 Å². The van der Waals surface area contributed by atoms with Crippen molar-refractivity contribution in [1.29, 1.82) is 0 Å². The van der Waals surface area contributed by atoms with Crippen molar-refractivity contribution in [3.05, 3.63) is 83.9 Å². The normalized spacial score (nSPS) is 10.4. The van der Waals surface area contributed by atoms with Gasteiger partial charge in [0.1, 0.15) is 0 Å². The number of benzene rings is 3. The van der Waals surface area contributed by atoms with Gasteiger partial charge in [-0.3, -0.25) is 4.79 Å². The van der Waals surface area contributed by atoms with Gasteiger partial charge in [0.05, 0.1) is 0 Å². The zero-order valence-electron chi connectivity index (χ0n) is 11.0. The van der Waals surface area contributed by atoms with Crippen molar-refractivity contribution in [3.63, 3.8) is 0 Å². The average Bonchev–Trinajstić information content (AvgIpc) is 2.53. The van der Waals surface area contributed by atoms with Crippen molar-refractivity contribution in [3.8, 4) is 0 Å². The van der Waals surface area contributed by atoms with E-state index < -0.39 is 0 Å². The quantitative estimate of drug-likeness (QED) is 0.764. The molecular weight excluding hydrogens is 246 g/mol. The van der Waals surface area contributed by atoms with Crippen LogP contribution in [0.2, 0.25) is 0 Å². The summed E-state index contributed by atoms with van der Waals surface area (Å²) >= 11 is 0. The first-order valence-electron chi connectivity index (χ1n) is 6.64. The van der Waals surface area contributed by atoms with Crippen molar-refractivity contribution in [2.24, 2.45) is 0 Å². The van der Waals surface area contributed by atoms with Gasteiger partial charge in [0, 0.05) is 12.1 Å². The SMILES string of the molecule is O=C(NCc1ccccc1)c1cccc2ccccc12. The average molecular weight is 261 g/mol. The third-order valence-corrected chi connectivity index (χ3v) is 3.33. The molecule has 2 heteroatoms. The molecule has 0 bridgehead atoms. The molecule has 0 aliphatic rings. The van der Waals surface area contributed by atoms with Crippen LogP contribution in [0.15, 0.2) is 72.8 Å². The Bertz CT molecular complexity index is 729. The fourth-order valence-electron chi connectivity index (χ4n) is 2.30. The first kappa shape index (κ1) is 12.4. The topological polar surface area (TPSA) is 29.1 Å². The Morgan fingerprint density at radius 1 is 0.800 bits per heavy atom. The fraction of sp³-hybridized carbons (Fsp3) is 0.0556. The Hall–Kier alpha value is -2.61. The fourth-order valence-corrected chi connectivity index (χ4v) is 2.30. The van der Waals surface area contributed by atoms with Crippen molar-refractivity contribution in [2.75, 3.05) is 0 Å². The van der Waals surface area contributed by atoms with E-state index in [-0.39, 0.29) is 5.91 Å². The molecule has 0 aliphatic carbocycles. The maximum Gasteiger partial charge on any atom is 0.252 e. The number of amides is 1. The lowest BCUT2D eigenvalue weighted by atomic mass is 10.0. The van der Waals surface area contributed by atoms with E-state index in [9.17, 15) is 4.79 Å². The van der Waals surface area contributed by atoms with Crippen LogP contribution in [0, 0.1) is 0 Å². The van der Waals surface area contributed by atoms with Gasteiger partial charge in [-0.05, 0) is 22.4 Å². The van der Waals surface area contributed by atoms with E-state index in [1.165, 1.54) is 0 Å². The van der Waals surface area contributed by atoms with Crippen LogP contribution in [0.4, 0.5) is 0 Å². The predicted octanol–water partition coefficient (Wildman–Crippen LogP) is 3.77. The largest absolute Gasteiger partial charge is 0.348 e. The molecular formula is C18H15NO. The lowest BCUT2D eigenvalue weighted by Gasteiger charge is -2.08. The lowest BCUT2D eigenvalue weighted by molar-refractivity contribution is 0.0952. The maximum atomic E-state index is 12.3. The third kappa shape index (κ3) is 2.54. The smallest absolute Gasteiger partial charge is 0.252 e. The van der Waals surface area contributed by atoms with Crippen molar-refractivity contribution < 1.29 is 4.79 Å². The van der Waals surface area contributed by atoms with Gasteiger partial charge in [-0.15, -0.1) is 0 Å². The summed E-state index contributed by atoms with van der Waals surface area (Å²) in [7, 11) is 0. The van der Waals surface area contributed by atoms with Crippen molar-refractivity contribution in [1.82, 2.24) is 5.32 Å². The van der Waals surface area contributed by atoms with Gasteiger partial charge in [-0.1, -0.05) is 66.7 Å². The molecule has 0 fully saturated rings. The number of hydrogen-bond acceptors (Lipinski definition) is 1. The van der Waals surface area contributed by atoms with Gasteiger partial charge < -0.3 is 5.32 Å². The number of nitrogens with one attached hydrogen (secondary N) is 1. The Labute approximate surface area is 118 Å². The summed E-state index contributed by atoms with van der Waals surface area (Å²) in [4.78, 5) is 12.3. The molecule has 20 heavy (non-hydrogen) atoms. The first-order chi connectivity index (χ1) is 9.84. The zero-order chi connectivity index (χ0) is 13.8. The highest BCUT2D eigenvalue weighted by Gasteiger charge is 2.08. The molecule has 0 unspecified atom stereocenters. The summed E-state index contributed by atoms with van der Waals surface area (Å²) in [6.45, 7) is 0.545. The minimum Gasteiger partial charge on any atom is -0.348 e. The van der Waals surface area contributed by atoms with Gasteiger partial charge in [0.2, 0.25) is 0 Å². The van der Waals surface area contributed by atoms with E-state index in [0.29, 0.717) is 6.54 Å². The van der Waals surface area contributed by atoms with E-state index in [1.54, 1.807) is 0 Å². The standard InChI is InChI=1S/C18H15NO/c20-18(19-13-14-7-2-1-3-8-14)17-12-6-10-15-9-4-5-11-16(15)17/h1-12H,13H2,(H,19,20). The Balaban J connectivity index is 1.82. The van der Waals surface area contributed by atoms with Crippen LogP contribution in [0.3, 0.4) is 0 Å². The molecule has 0 aliphatic heterocycles. The molecule has 98 valence electrons. The Kier molecular flexibility index (Phi) is 3.46. The van der Waals surface area contributed by atoms with E-state index in [4.69, 9.17) is 0 Å². The summed E-state index contributed by atoms with van der Waals surface area (Å²) < 4.78 is 0. The van der Waals surface area contributed by atoms with Crippen LogP contribution in [0.25, 0.3) is 10.8 Å². The molecule has 0 heterocycles. The summed E-state index contributed by atoms with van der Waals surface area (Å²) in [5.41, 5.74) is 1.82. The highest BCUT2D eigenvalue weighted by atomic mass is 16.1. The molecule has 1 N–H and O–H groups in total. The lowest BCUT2D eigenvalue weighted by Crippen LogP contribution is -2.22. The monoisotopic (exact) mass is 261 g/mol. The van der Waals surface area contributed by atoms with Gasteiger partial charge in [0.15, 0.2) is 0 Å². The molecule has 3 rings (SSSR count). The minimum atomic E-state index is -0.0364. The van der Waals surface area contributed by atoms with Crippen LogP contribution < -0.4 is 5.32 Å². The van der Waals surface area contributed by atoms with Gasteiger partial charge in [-0.25, -0.2) is 0 Å². The van der Waals surface area contributed by atoms with E-state index >= 15 is 0 Å². The number of rotatable bonds is 3. The predicted molar refractivity (Wildman–Crippen MR) is 81.6 cm³/mol. The maximum absolute atomic E-state index is 12.3. The summed E-state index contributed by atoms with van der Waals surface area (Å²) in [5, 5.41) is 5.04. The molecule has 0 radical (unpaired) electrons. The third-order valence-electron chi connectivity index (χ3n) is 3.33. The number of carbonyl (C=O) groups is 1. The highest BCUT2D eigenvalue weighted by molar-refractivity contribution is 6.06. The molecule has 0 saturated carbocycles. The number of carbonyl (C=O) groups excluding carboxylic acids is 1. The first-order valence-corrected chi connectivity index (χ1v) is 6.64. The molecule has 0 spiro atoms. The second-order valence-corrected chi connectivity index (χ2v) is 4.69. The van der Waals surface area contributed by atoms with Crippen LogP contribution in [0.5, 0.6) is 0 Å². The highest BCUT2D eigenvalue weighted by Crippen LogP contribution is 2.18. The van der Waals surface area contributed by atoms with Crippen molar-refractivity contribution in [2.45, 2.75) is 6.54 Å². The van der Waals surface area contributed by atoms with E-state index in [1.807, 2.05) is 72.8 Å². The minimum absolute atomic E-state index is 0.0364. The number of fused-ring (bicyclic) bond motifs is 1.